The number of terminal acetylenes is 1. The van der Waals surface area contributed by atoms with Crippen molar-refractivity contribution >= 4 is 11.9 Å². The zero-order valence-electron chi connectivity index (χ0n) is 10.1. The Morgan fingerprint density at radius 3 is 2.28 bits per heavy atom. The lowest BCUT2D eigenvalue weighted by atomic mass is 10.1. The van der Waals surface area contributed by atoms with Gasteiger partial charge in [0.1, 0.15) is 5.75 Å². The molecular formula is C16H13NO. The van der Waals surface area contributed by atoms with Crippen LogP contribution < -0.4 is 4.74 Å². The van der Waals surface area contributed by atoms with E-state index in [0.717, 1.165) is 22.6 Å². The first-order valence-electron chi connectivity index (χ1n) is 5.56. The third-order valence-electron chi connectivity index (χ3n) is 2.51. The molecule has 18 heavy (non-hydrogen) atoms. The molecule has 0 aliphatic heterocycles. The molecule has 0 aromatic heterocycles. The van der Waals surface area contributed by atoms with Gasteiger partial charge in [0.25, 0.3) is 0 Å². The van der Waals surface area contributed by atoms with E-state index in [1.165, 1.54) is 0 Å². The van der Waals surface area contributed by atoms with Crippen molar-refractivity contribution in [3.05, 3.63) is 59.7 Å². The van der Waals surface area contributed by atoms with Gasteiger partial charge in [-0.05, 0) is 42.0 Å². The lowest BCUT2D eigenvalue weighted by Gasteiger charge is -1.99. The van der Waals surface area contributed by atoms with Crippen LogP contribution in [0.3, 0.4) is 0 Å². The highest BCUT2D eigenvalue weighted by molar-refractivity contribution is 5.82. The molecule has 0 spiro atoms. The Kier molecular flexibility index (Phi) is 3.78. The molecule has 0 heterocycles. The van der Waals surface area contributed by atoms with E-state index in [0.29, 0.717) is 0 Å². The zero-order valence-corrected chi connectivity index (χ0v) is 10.1. The molecule has 0 radical (unpaired) electrons. The minimum Gasteiger partial charge on any atom is -0.497 e. The van der Waals surface area contributed by atoms with Crippen molar-refractivity contribution in [3.8, 4) is 18.1 Å². The fourth-order valence-corrected chi connectivity index (χ4v) is 1.48. The van der Waals surface area contributed by atoms with Crippen molar-refractivity contribution in [2.45, 2.75) is 0 Å². The lowest BCUT2D eigenvalue weighted by molar-refractivity contribution is 0.415. The van der Waals surface area contributed by atoms with E-state index in [1.807, 2.05) is 54.7 Å². The van der Waals surface area contributed by atoms with Gasteiger partial charge in [0, 0.05) is 11.8 Å². The number of ether oxygens (including phenoxy) is 1. The molecule has 0 aliphatic rings. The van der Waals surface area contributed by atoms with Crippen LogP contribution in [0.1, 0.15) is 11.1 Å². The average molecular weight is 235 g/mol. The van der Waals surface area contributed by atoms with Crippen molar-refractivity contribution in [3.63, 3.8) is 0 Å². The van der Waals surface area contributed by atoms with Crippen LogP contribution >= 0.6 is 0 Å². The monoisotopic (exact) mass is 235 g/mol. The number of nitrogens with zero attached hydrogens (tertiary/aromatic N) is 1. The topological polar surface area (TPSA) is 21.6 Å². The highest BCUT2D eigenvalue weighted by Gasteiger charge is 1.92. The average Bonchev–Trinajstić information content (AvgIpc) is 2.46. The molecule has 0 fully saturated rings. The van der Waals surface area contributed by atoms with Gasteiger partial charge in [0.15, 0.2) is 0 Å². The number of methoxy groups -OCH3 is 1. The van der Waals surface area contributed by atoms with Crippen molar-refractivity contribution < 1.29 is 4.74 Å². The Labute approximate surface area is 107 Å². The first-order valence-corrected chi connectivity index (χ1v) is 5.56. The molecule has 88 valence electrons. The van der Waals surface area contributed by atoms with Crippen LogP contribution in [0, 0.1) is 12.3 Å². The molecule has 0 N–H and O–H groups in total. The largest absolute Gasteiger partial charge is 0.497 e. The predicted molar refractivity (Wildman–Crippen MR) is 74.6 cm³/mol. The smallest absolute Gasteiger partial charge is 0.119 e. The summed E-state index contributed by atoms with van der Waals surface area (Å²) in [6.07, 6.45) is 7.10. The molecule has 0 atom stereocenters. The molecule has 2 aromatic rings. The van der Waals surface area contributed by atoms with Gasteiger partial charge in [-0.1, -0.05) is 18.1 Å². The van der Waals surface area contributed by atoms with E-state index in [4.69, 9.17) is 11.2 Å². The molecule has 0 unspecified atom stereocenters. The van der Waals surface area contributed by atoms with Gasteiger partial charge in [0.2, 0.25) is 0 Å². The summed E-state index contributed by atoms with van der Waals surface area (Å²) in [5, 5.41) is 0. The molecule has 0 amide bonds. The van der Waals surface area contributed by atoms with Crippen LogP contribution in [0.2, 0.25) is 0 Å². The summed E-state index contributed by atoms with van der Waals surface area (Å²) in [5.74, 6) is 3.41. The van der Waals surface area contributed by atoms with E-state index >= 15 is 0 Å². The SMILES string of the molecule is C#Cc1ccc(C=Nc2ccc(OC)cc2)cc1. The van der Waals surface area contributed by atoms with Crippen molar-refractivity contribution in [2.75, 3.05) is 7.11 Å². The Bertz CT molecular complexity index is 574. The Morgan fingerprint density at radius 1 is 1.06 bits per heavy atom. The van der Waals surface area contributed by atoms with Gasteiger partial charge in [-0.2, -0.15) is 0 Å². The first kappa shape index (κ1) is 11.9. The van der Waals surface area contributed by atoms with Crippen molar-refractivity contribution in [1.29, 1.82) is 0 Å². The maximum absolute atomic E-state index is 5.30. The first-order chi connectivity index (χ1) is 8.81. The second kappa shape index (κ2) is 5.70. The standard InChI is InChI=1S/C16H13NO/c1-3-13-4-6-14(7-5-13)12-17-15-8-10-16(18-2)11-9-15/h1,4-12H,2H3. The van der Waals surface area contributed by atoms with E-state index in [9.17, 15) is 0 Å². The fourth-order valence-electron chi connectivity index (χ4n) is 1.48. The maximum Gasteiger partial charge on any atom is 0.119 e. The van der Waals surface area contributed by atoms with Gasteiger partial charge >= 0.3 is 0 Å². The van der Waals surface area contributed by atoms with Gasteiger partial charge < -0.3 is 4.74 Å². The molecule has 0 saturated heterocycles. The molecule has 2 heteroatoms. The van der Waals surface area contributed by atoms with Crippen LogP contribution in [0.5, 0.6) is 5.75 Å². The number of benzene rings is 2. The van der Waals surface area contributed by atoms with Gasteiger partial charge in [-0.25, -0.2) is 0 Å². The molecule has 2 nitrogen and oxygen atoms in total. The summed E-state index contributed by atoms with van der Waals surface area (Å²) in [5.41, 5.74) is 2.78. The van der Waals surface area contributed by atoms with Gasteiger partial charge in [-0.3, -0.25) is 4.99 Å². The Morgan fingerprint density at radius 2 is 1.72 bits per heavy atom. The second-order valence-corrected chi connectivity index (χ2v) is 3.72. The Hall–Kier alpha value is -2.53. The molecule has 0 bridgehead atoms. The molecule has 2 aromatic carbocycles. The normalized spacial score (nSPS) is 10.2. The van der Waals surface area contributed by atoms with Gasteiger partial charge in [0.05, 0.1) is 12.8 Å². The number of aliphatic imine (C=N–C) groups is 1. The van der Waals surface area contributed by atoms with Crippen molar-refractivity contribution in [1.82, 2.24) is 0 Å². The summed E-state index contributed by atoms with van der Waals surface area (Å²) in [7, 11) is 1.64. The van der Waals surface area contributed by atoms with Crippen LogP contribution in [0.25, 0.3) is 0 Å². The minimum absolute atomic E-state index is 0.826. The predicted octanol–water partition coefficient (Wildman–Crippen LogP) is 3.43. The summed E-state index contributed by atoms with van der Waals surface area (Å²) in [4.78, 5) is 4.38. The zero-order chi connectivity index (χ0) is 12.8. The quantitative estimate of drug-likeness (QED) is 0.590. The highest BCUT2D eigenvalue weighted by atomic mass is 16.5. The van der Waals surface area contributed by atoms with Crippen LogP contribution in [-0.4, -0.2) is 13.3 Å². The van der Waals surface area contributed by atoms with E-state index in [2.05, 4.69) is 10.9 Å². The summed E-state index contributed by atoms with van der Waals surface area (Å²) in [6.45, 7) is 0. The van der Waals surface area contributed by atoms with Crippen LogP contribution in [-0.2, 0) is 0 Å². The number of hydrogen-bond donors (Lipinski definition) is 0. The summed E-state index contributed by atoms with van der Waals surface area (Å²) < 4.78 is 5.09. The van der Waals surface area contributed by atoms with E-state index < -0.39 is 0 Å². The molecule has 0 saturated carbocycles. The maximum atomic E-state index is 5.30. The van der Waals surface area contributed by atoms with Crippen molar-refractivity contribution in [2.24, 2.45) is 4.99 Å². The van der Waals surface area contributed by atoms with Crippen LogP contribution in [0.4, 0.5) is 5.69 Å². The van der Waals surface area contributed by atoms with E-state index in [1.54, 1.807) is 7.11 Å². The van der Waals surface area contributed by atoms with E-state index in [-0.39, 0.29) is 0 Å². The van der Waals surface area contributed by atoms with Crippen LogP contribution in [0.15, 0.2) is 53.5 Å². The Balaban J connectivity index is 2.11. The summed E-state index contributed by atoms with van der Waals surface area (Å²) >= 11 is 0. The molecule has 0 aliphatic carbocycles. The molecule has 2 rings (SSSR count). The summed E-state index contributed by atoms with van der Waals surface area (Å²) in [6, 6.07) is 15.3. The highest BCUT2D eigenvalue weighted by Crippen LogP contribution is 2.17. The third-order valence-corrected chi connectivity index (χ3v) is 2.51. The minimum atomic E-state index is 0.826. The lowest BCUT2D eigenvalue weighted by Crippen LogP contribution is -1.82. The number of hydrogen-bond acceptors (Lipinski definition) is 2. The fraction of sp³-hybridized carbons (Fsp3) is 0.0625. The second-order valence-electron chi connectivity index (χ2n) is 3.72. The molecular weight excluding hydrogens is 222 g/mol. The third kappa shape index (κ3) is 2.99. The van der Waals surface area contributed by atoms with Gasteiger partial charge in [-0.15, -0.1) is 6.42 Å². The number of rotatable bonds is 3.